The van der Waals surface area contributed by atoms with Crippen molar-refractivity contribution in [2.45, 2.75) is 37.6 Å². The van der Waals surface area contributed by atoms with Gasteiger partial charge in [-0.3, -0.25) is 0 Å². The Balaban J connectivity index is 2.61. The normalized spacial score (nSPS) is 13.5. The minimum atomic E-state index is -3.97. The Hall–Kier alpha value is -2.44. The predicted molar refractivity (Wildman–Crippen MR) is 106 cm³/mol. The Morgan fingerprint density at radius 3 is 2.19 bits per heavy atom. The number of hydrogen-bond donors (Lipinski definition) is 1. The molecule has 0 aliphatic carbocycles. The van der Waals surface area contributed by atoms with E-state index in [2.05, 4.69) is 4.72 Å². The number of hydrogen-bond acceptors (Lipinski definition) is 4. The third-order valence-electron chi connectivity index (χ3n) is 4.26. The molecule has 1 N–H and O–H groups in total. The summed E-state index contributed by atoms with van der Waals surface area (Å²) in [5.41, 5.74) is 0.872. The summed E-state index contributed by atoms with van der Waals surface area (Å²) < 4.78 is 33.7. The summed E-state index contributed by atoms with van der Waals surface area (Å²) in [7, 11) is -2.71. The average molecular weight is 388 g/mol. The summed E-state index contributed by atoms with van der Waals surface area (Å²) in [6.07, 6.45) is 1.96. The lowest BCUT2D eigenvalue weighted by Gasteiger charge is -2.31. The van der Waals surface area contributed by atoms with Crippen LogP contribution < -0.4 is 4.72 Å². The molecule has 0 spiro atoms. The lowest BCUT2D eigenvalue weighted by molar-refractivity contribution is -0.148. The van der Waals surface area contributed by atoms with E-state index in [0.717, 1.165) is 11.1 Å². The first kappa shape index (κ1) is 20.9. The standard InChI is InChI=1S/C21H25NO4S/c1-16(2)14-15-21(20(23)26-4,18-8-6-5-7-9-18)22-27(24,25)19-12-10-17(3)11-13-19/h5-14,22H,15H2,1-4H3. The Labute approximate surface area is 161 Å². The molecule has 6 heteroatoms. The summed E-state index contributed by atoms with van der Waals surface area (Å²) in [4.78, 5) is 12.9. The minimum absolute atomic E-state index is 0.0921. The van der Waals surface area contributed by atoms with Crippen molar-refractivity contribution in [3.63, 3.8) is 0 Å². The molecule has 0 aliphatic heterocycles. The molecule has 1 atom stereocenters. The highest BCUT2D eigenvalue weighted by molar-refractivity contribution is 7.89. The van der Waals surface area contributed by atoms with Crippen LogP contribution >= 0.6 is 0 Å². The van der Waals surface area contributed by atoms with Crippen LogP contribution in [0.2, 0.25) is 0 Å². The number of sulfonamides is 1. The van der Waals surface area contributed by atoms with E-state index < -0.39 is 21.5 Å². The Kier molecular flexibility index (Phi) is 6.57. The zero-order valence-electron chi connectivity index (χ0n) is 16.0. The van der Waals surface area contributed by atoms with Gasteiger partial charge in [0.05, 0.1) is 12.0 Å². The predicted octanol–water partition coefficient (Wildman–Crippen LogP) is 3.70. The highest BCUT2D eigenvalue weighted by Crippen LogP contribution is 2.30. The molecule has 0 saturated carbocycles. The summed E-state index contributed by atoms with van der Waals surface area (Å²) >= 11 is 0. The van der Waals surface area contributed by atoms with Crippen LogP contribution in [0.3, 0.4) is 0 Å². The Bertz CT molecular complexity index is 914. The Morgan fingerprint density at radius 1 is 1.07 bits per heavy atom. The van der Waals surface area contributed by atoms with Crippen LogP contribution in [0.1, 0.15) is 31.4 Å². The first-order valence-electron chi connectivity index (χ1n) is 8.59. The zero-order valence-corrected chi connectivity index (χ0v) is 16.8. The van der Waals surface area contributed by atoms with E-state index >= 15 is 0 Å². The van der Waals surface area contributed by atoms with Crippen LogP contribution in [0.5, 0.6) is 0 Å². The van der Waals surface area contributed by atoms with Gasteiger partial charge >= 0.3 is 5.97 Å². The van der Waals surface area contributed by atoms with Crippen molar-refractivity contribution in [3.8, 4) is 0 Å². The number of ether oxygens (including phenoxy) is 1. The molecule has 0 amide bonds. The van der Waals surface area contributed by atoms with Gasteiger partial charge in [0.1, 0.15) is 0 Å². The van der Waals surface area contributed by atoms with Crippen molar-refractivity contribution >= 4 is 16.0 Å². The monoisotopic (exact) mass is 387 g/mol. The number of methoxy groups -OCH3 is 1. The maximum atomic E-state index is 13.1. The van der Waals surface area contributed by atoms with Crippen molar-refractivity contribution in [1.82, 2.24) is 4.72 Å². The molecule has 2 aromatic carbocycles. The van der Waals surface area contributed by atoms with Gasteiger partial charge in [0.15, 0.2) is 5.54 Å². The van der Waals surface area contributed by atoms with E-state index in [1.165, 1.54) is 19.2 Å². The fraction of sp³-hybridized carbons (Fsp3) is 0.286. The topological polar surface area (TPSA) is 72.5 Å². The van der Waals surface area contributed by atoms with Crippen LogP contribution in [0, 0.1) is 6.92 Å². The number of carbonyl (C=O) groups is 1. The third-order valence-corrected chi connectivity index (χ3v) is 5.77. The van der Waals surface area contributed by atoms with Gasteiger partial charge in [-0.25, -0.2) is 13.2 Å². The van der Waals surface area contributed by atoms with Crippen molar-refractivity contribution in [2.24, 2.45) is 0 Å². The fourth-order valence-electron chi connectivity index (χ4n) is 2.72. The van der Waals surface area contributed by atoms with Gasteiger partial charge < -0.3 is 4.74 Å². The molecule has 1 unspecified atom stereocenters. The van der Waals surface area contributed by atoms with Crippen molar-refractivity contribution < 1.29 is 17.9 Å². The molecular formula is C21H25NO4S. The summed E-state index contributed by atoms with van der Waals surface area (Å²) in [5, 5.41) is 0. The van der Waals surface area contributed by atoms with E-state index in [1.807, 2.05) is 26.8 Å². The second kappa shape index (κ2) is 8.50. The first-order chi connectivity index (χ1) is 12.7. The van der Waals surface area contributed by atoms with Crippen LogP contribution in [0.4, 0.5) is 0 Å². The van der Waals surface area contributed by atoms with Crippen LogP contribution in [0.25, 0.3) is 0 Å². The molecule has 0 radical (unpaired) electrons. The van der Waals surface area contributed by atoms with Gasteiger partial charge in [-0.15, -0.1) is 0 Å². The van der Waals surface area contributed by atoms with Gasteiger partial charge in [-0.1, -0.05) is 59.7 Å². The molecule has 0 bridgehead atoms. The Morgan fingerprint density at radius 2 is 1.67 bits per heavy atom. The van der Waals surface area contributed by atoms with E-state index in [9.17, 15) is 13.2 Å². The molecule has 2 aromatic rings. The van der Waals surface area contributed by atoms with Gasteiger partial charge in [0.25, 0.3) is 0 Å². The molecule has 144 valence electrons. The number of aryl methyl sites for hydroxylation is 1. The maximum Gasteiger partial charge on any atom is 0.332 e. The van der Waals surface area contributed by atoms with E-state index in [4.69, 9.17) is 4.74 Å². The number of esters is 1. The average Bonchev–Trinajstić information content (AvgIpc) is 2.65. The van der Waals surface area contributed by atoms with Gasteiger partial charge in [0.2, 0.25) is 10.0 Å². The SMILES string of the molecule is COC(=O)C(CC=C(C)C)(NS(=O)(=O)c1ccc(C)cc1)c1ccccc1. The molecule has 0 saturated heterocycles. The lowest BCUT2D eigenvalue weighted by atomic mass is 9.87. The summed E-state index contributed by atoms with van der Waals surface area (Å²) in [6, 6.07) is 15.2. The van der Waals surface area contributed by atoms with Crippen molar-refractivity contribution in [3.05, 3.63) is 77.4 Å². The molecule has 0 aliphatic rings. The molecule has 0 heterocycles. The van der Waals surface area contributed by atoms with Gasteiger partial charge in [-0.2, -0.15) is 4.72 Å². The summed E-state index contributed by atoms with van der Waals surface area (Å²) in [5.74, 6) is -0.665. The van der Waals surface area contributed by atoms with Gasteiger partial charge in [0, 0.05) is 0 Å². The molecule has 2 rings (SSSR count). The number of allylic oxidation sites excluding steroid dienone is 1. The molecule has 27 heavy (non-hydrogen) atoms. The van der Waals surface area contributed by atoms with E-state index in [1.54, 1.807) is 42.5 Å². The zero-order chi connectivity index (χ0) is 20.1. The van der Waals surface area contributed by atoms with Crippen molar-refractivity contribution in [1.29, 1.82) is 0 Å². The maximum absolute atomic E-state index is 13.1. The van der Waals surface area contributed by atoms with Crippen molar-refractivity contribution in [2.75, 3.05) is 7.11 Å². The summed E-state index contributed by atoms with van der Waals surface area (Å²) in [6.45, 7) is 5.66. The van der Waals surface area contributed by atoms with Crippen LogP contribution in [-0.2, 0) is 25.1 Å². The third kappa shape index (κ3) is 4.84. The number of rotatable bonds is 7. The fourth-order valence-corrected chi connectivity index (χ4v) is 4.08. The first-order valence-corrected chi connectivity index (χ1v) is 10.1. The molecule has 0 aromatic heterocycles. The molecule has 5 nitrogen and oxygen atoms in total. The second-order valence-electron chi connectivity index (χ2n) is 6.67. The quantitative estimate of drug-likeness (QED) is 0.581. The highest BCUT2D eigenvalue weighted by atomic mass is 32.2. The lowest BCUT2D eigenvalue weighted by Crippen LogP contribution is -2.52. The minimum Gasteiger partial charge on any atom is -0.467 e. The largest absolute Gasteiger partial charge is 0.467 e. The van der Waals surface area contributed by atoms with Crippen LogP contribution in [0.15, 0.2) is 71.1 Å². The van der Waals surface area contributed by atoms with Crippen LogP contribution in [-0.4, -0.2) is 21.5 Å². The second-order valence-corrected chi connectivity index (χ2v) is 8.35. The number of carbonyl (C=O) groups excluding carboxylic acids is 1. The van der Waals surface area contributed by atoms with E-state index in [-0.39, 0.29) is 11.3 Å². The molecule has 0 fully saturated rings. The number of benzene rings is 2. The highest BCUT2D eigenvalue weighted by Gasteiger charge is 2.44. The number of nitrogens with one attached hydrogen (secondary N) is 1. The molecular weight excluding hydrogens is 362 g/mol. The smallest absolute Gasteiger partial charge is 0.332 e. The van der Waals surface area contributed by atoms with E-state index in [0.29, 0.717) is 5.56 Å². The van der Waals surface area contributed by atoms with Gasteiger partial charge in [-0.05, 0) is 44.9 Å².